The number of ether oxygens (including phenoxy) is 2. The molecule has 0 aliphatic carbocycles. The maximum atomic E-state index is 13.3. The van der Waals surface area contributed by atoms with Crippen LogP contribution < -0.4 is 5.73 Å². The van der Waals surface area contributed by atoms with Crippen LogP contribution in [0.3, 0.4) is 0 Å². The van der Waals surface area contributed by atoms with Gasteiger partial charge in [0.05, 0.1) is 16.5 Å². The predicted molar refractivity (Wildman–Crippen MR) is 123 cm³/mol. The maximum Gasteiger partial charge on any atom is 0.417 e. The number of halogens is 3. The van der Waals surface area contributed by atoms with E-state index in [1.54, 1.807) is 30.3 Å². The fourth-order valence-corrected chi connectivity index (χ4v) is 4.18. The van der Waals surface area contributed by atoms with E-state index in [0.29, 0.717) is 10.5 Å². The molecule has 37 heavy (non-hydrogen) atoms. The van der Waals surface area contributed by atoms with Gasteiger partial charge < -0.3 is 19.8 Å². The lowest BCUT2D eigenvalue weighted by molar-refractivity contribution is -0.152. The molecule has 13 heteroatoms. The minimum Gasteiger partial charge on any atom is -0.459 e. The topological polar surface area (TPSA) is 130 Å². The first-order chi connectivity index (χ1) is 17.6. The van der Waals surface area contributed by atoms with E-state index < -0.39 is 48.9 Å². The lowest BCUT2D eigenvalue weighted by atomic mass is 10.1. The first kappa shape index (κ1) is 24.0. The van der Waals surface area contributed by atoms with Crippen LogP contribution in [0.15, 0.2) is 54.9 Å². The van der Waals surface area contributed by atoms with Gasteiger partial charge in [-0.3, -0.25) is 4.79 Å². The Morgan fingerprint density at radius 2 is 1.89 bits per heavy atom. The van der Waals surface area contributed by atoms with Gasteiger partial charge in [-0.2, -0.15) is 13.2 Å². The van der Waals surface area contributed by atoms with Gasteiger partial charge in [0, 0.05) is 5.39 Å². The van der Waals surface area contributed by atoms with Gasteiger partial charge >= 0.3 is 18.2 Å². The van der Waals surface area contributed by atoms with Crippen LogP contribution in [0.5, 0.6) is 0 Å². The minimum atomic E-state index is -4.62. The molecule has 2 aromatic heterocycles. The number of esters is 1. The molecule has 4 aromatic rings. The number of hydrogen-bond acceptors (Lipinski definition) is 8. The molecule has 1 aliphatic heterocycles. The fourth-order valence-electron chi connectivity index (χ4n) is 4.18. The van der Waals surface area contributed by atoms with Gasteiger partial charge in [0.25, 0.3) is 5.91 Å². The third kappa shape index (κ3) is 4.39. The molecule has 5 rings (SSSR count). The molecular formula is C24H18F3N5O5. The van der Waals surface area contributed by atoms with Gasteiger partial charge in [-0.05, 0) is 23.8 Å². The number of benzene rings is 2. The van der Waals surface area contributed by atoms with Crippen LogP contribution >= 0.6 is 0 Å². The Kier molecular flexibility index (Phi) is 5.90. The molecule has 1 fully saturated rings. The second-order valence-corrected chi connectivity index (χ2v) is 8.22. The van der Waals surface area contributed by atoms with Gasteiger partial charge in [-0.1, -0.05) is 30.3 Å². The smallest absolute Gasteiger partial charge is 0.417 e. The number of hydrogen-bond donors (Lipinski definition) is 1. The van der Waals surface area contributed by atoms with E-state index in [-0.39, 0.29) is 34.4 Å². The molecule has 0 saturated carbocycles. The zero-order valence-corrected chi connectivity index (χ0v) is 18.9. The van der Waals surface area contributed by atoms with Crippen molar-refractivity contribution in [1.29, 1.82) is 0 Å². The monoisotopic (exact) mass is 513 g/mol. The van der Waals surface area contributed by atoms with Gasteiger partial charge in [0.2, 0.25) is 0 Å². The highest BCUT2D eigenvalue weighted by Crippen LogP contribution is 2.36. The summed E-state index contributed by atoms with van der Waals surface area (Å²) in [6.45, 7) is -1.01. The molecule has 1 atom stereocenters. The number of nitrogens with zero attached hydrogens (tertiary/aromatic N) is 4. The molecule has 10 nitrogen and oxygen atoms in total. The van der Waals surface area contributed by atoms with Crippen LogP contribution in [0.1, 0.15) is 11.1 Å². The van der Waals surface area contributed by atoms with Crippen LogP contribution in [0.25, 0.3) is 21.9 Å². The molecule has 0 bridgehead atoms. The van der Waals surface area contributed by atoms with Crippen LogP contribution in [0.4, 0.5) is 23.8 Å². The van der Waals surface area contributed by atoms with E-state index in [9.17, 15) is 27.6 Å². The zero-order chi connectivity index (χ0) is 26.3. The predicted octanol–water partition coefficient (Wildman–Crippen LogP) is 3.28. The second-order valence-electron chi connectivity index (χ2n) is 8.22. The Balaban J connectivity index is 1.46. The van der Waals surface area contributed by atoms with Crippen molar-refractivity contribution in [2.24, 2.45) is 0 Å². The van der Waals surface area contributed by atoms with Crippen molar-refractivity contribution in [3.8, 4) is 0 Å². The van der Waals surface area contributed by atoms with Gasteiger partial charge in [0.15, 0.2) is 6.04 Å². The van der Waals surface area contributed by atoms with E-state index in [1.165, 1.54) is 10.6 Å². The number of carbonyl (C=O) groups is 3. The SMILES string of the molecule is Nc1ncnc2c1c1cc(C(F)(F)F)ccc1n2CC(=O)N1C(=O)OC[C@H]1C(=O)OCc1ccccc1. The van der Waals surface area contributed by atoms with Crippen molar-refractivity contribution >= 4 is 45.7 Å². The Labute approximate surface area is 206 Å². The molecule has 0 radical (unpaired) electrons. The number of cyclic esters (lactones) is 1. The molecule has 0 unspecified atom stereocenters. The van der Waals surface area contributed by atoms with Crippen molar-refractivity contribution in [2.45, 2.75) is 25.4 Å². The highest BCUT2D eigenvalue weighted by molar-refractivity contribution is 6.12. The van der Waals surface area contributed by atoms with E-state index >= 15 is 0 Å². The first-order valence-corrected chi connectivity index (χ1v) is 10.9. The standard InChI is InChI=1S/C24H18F3N5O5/c25-24(26,27)14-6-7-16-15(8-14)19-20(28)29-12-30-21(19)31(16)9-18(33)32-17(11-37-23(32)35)22(34)36-10-13-4-2-1-3-5-13/h1-8,12,17H,9-11H2,(H2,28,29,30)/t17-/m0/s1. The lowest BCUT2D eigenvalue weighted by Crippen LogP contribution is -2.45. The molecule has 2 N–H and O–H groups in total. The summed E-state index contributed by atoms with van der Waals surface area (Å²) < 4.78 is 51.5. The minimum absolute atomic E-state index is 0.0724. The van der Waals surface area contributed by atoms with E-state index in [4.69, 9.17) is 15.2 Å². The molecule has 3 heterocycles. The number of amides is 2. The highest BCUT2D eigenvalue weighted by Gasteiger charge is 2.43. The number of carbonyl (C=O) groups excluding carboxylic acids is 3. The van der Waals surface area contributed by atoms with Crippen molar-refractivity contribution in [3.63, 3.8) is 0 Å². The molecule has 2 aromatic carbocycles. The summed E-state index contributed by atoms with van der Waals surface area (Å²) in [5.74, 6) is -1.77. The highest BCUT2D eigenvalue weighted by atomic mass is 19.4. The Hall–Kier alpha value is -4.68. The normalized spacial score (nSPS) is 15.8. The van der Waals surface area contributed by atoms with Crippen LogP contribution in [0.2, 0.25) is 0 Å². The number of rotatable bonds is 5. The van der Waals surface area contributed by atoms with Crippen LogP contribution in [-0.2, 0) is 38.4 Å². The summed E-state index contributed by atoms with van der Waals surface area (Å²) in [5, 5.41) is 0.206. The number of alkyl halides is 3. The third-order valence-electron chi connectivity index (χ3n) is 5.93. The van der Waals surface area contributed by atoms with E-state index in [2.05, 4.69) is 9.97 Å². The van der Waals surface area contributed by atoms with Gasteiger partial charge in [-0.25, -0.2) is 24.5 Å². The van der Waals surface area contributed by atoms with E-state index in [1.807, 2.05) is 0 Å². The molecule has 190 valence electrons. The molecular weight excluding hydrogens is 495 g/mol. The molecule has 1 saturated heterocycles. The molecule has 2 amide bonds. The summed E-state index contributed by atoms with van der Waals surface area (Å²) in [6.07, 6.45) is -4.55. The largest absolute Gasteiger partial charge is 0.459 e. The summed E-state index contributed by atoms with van der Waals surface area (Å²) in [7, 11) is 0. The first-order valence-electron chi connectivity index (χ1n) is 10.9. The Bertz CT molecular complexity index is 1540. The van der Waals surface area contributed by atoms with Crippen LogP contribution in [-0.4, -0.2) is 50.1 Å². The molecule has 0 spiro atoms. The lowest BCUT2D eigenvalue weighted by Gasteiger charge is -2.19. The number of aromatic nitrogens is 3. The summed E-state index contributed by atoms with van der Waals surface area (Å²) in [4.78, 5) is 46.9. The van der Waals surface area contributed by atoms with Gasteiger partial charge in [-0.15, -0.1) is 0 Å². The number of anilines is 1. The summed E-state index contributed by atoms with van der Waals surface area (Å²) >= 11 is 0. The maximum absolute atomic E-state index is 13.3. The van der Waals surface area contributed by atoms with Crippen molar-refractivity contribution in [1.82, 2.24) is 19.4 Å². The summed E-state index contributed by atoms with van der Waals surface area (Å²) in [5.41, 5.74) is 6.02. The number of nitrogen functional groups attached to an aromatic ring is 1. The Morgan fingerprint density at radius 1 is 1.14 bits per heavy atom. The number of nitrogens with two attached hydrogens (primary N) is 1. The van der Waals surface area contributed by atoms with Crippen molar-refractivity contribution in [2.75, 3.05) is 12.3 Å². The second kappa shape index (κ2) is 9.08. The average molecular weight is 513 g/mol. The molecule has 1 aliphatic rings. The van der Waals surface area contributed by atoms with E-state index in [0.717, 1.165) is 18.5 Å². The third-order valence-corrected chi connectivity index (χ3v) is 5.93. The Morgan fingerprint density at radius 3 is 2.62 bits per heavy atom. The van der Waals surface area contributed by atoms with Gasteiger partial charge in [0.1, 0.15) is 37.6 Å². The van der Waals surface area contributed by atoms with Crippen molar-refractivity contribution < 1.29 is 37.0 Å². The number of fused-ring (bicyclic) bond motifs is 3. The number of imide groups is 1. The van der Waals surface area contributed by atoms with Crippen LogP contribution in [0, 0.1) is 0 Å². The average Bonchev–Trinajstić information content (AvgIpc) is 3.41. The summed E-state index contributed by atoms with van der Waals surface area (Å²) in [6, 6.07) is 10.4. The quantitative estimate of drug-likeness (QED) is 0.403. The van der Waals surface area contributed by atoms with Crippen molar-refractivity contribution in [3.05, 3.63) is 66.0 Å². The zero-order valence-electron chi connectivity index (χ0n) is 18.9. The fraction of sp³-hybridized carbons (Fsp3) is 0.208.